The molecule has 0 spiro atoms. The van der Waals surface area contributed by atoms with Gasteiger partial charge in [0.2, 0.25) is 5.95 Å². The van der Waals surface area contributed by atoms with Gasteiger partial charge in [-0.3, -0.25) is 4.79 Å². The smallest absolute Gasteiger partial charge is 0.257 e. The number of aromatic nitrogens is 2. The number of benzene rings is 1. The Morgan fingerprint density at radius 1 is 1.26 bits per heavy atom. The summed E-state index contributed by atoms with van der Waals surface area (Å²) in [6.45, 7) is 3.13. The van der Waals surface area contributed by atoms with E-state index in [0.29, 0.717) is 24.5 Å². The lowest BCUT2D eigenvalue weighted by atomic mass is 10.2. The van der Waals surface area contributed by atoms with Gasteiger partial charge in [0.25, 0.3) is 5.91 Å². The molecule has 27 heavy (non-hydrogen) atoms. The molecular formula is C19H22N4O3S. The molecule has 4 rings (SSSR count). The first kappa shape index (κ1) is 17.9. The van der Waals surface area contributed by atoms with Crippen molar-refractivity contribution in [2.75, 3.05) is 29.5 Å². The van der Waals surface area contributed by atoms with Gasteiger partial charge in [0, 0.05) is 37.2 Å². The molecule has 0 N–H and O–H groups in total. The van der Waals surface area contributed by atoms with Crippen molar-refractivity contribution in [3.05, 3.63) is 47.8 Å². The lowest BCUT2D eigenvalue weighted by Crippen LogP contribution is -2.41. The van der Waals surface area contributed by atoms with E-state index in [9.17, 15) is 13.2 Å². The van der Waals surface area contributed by atoms with Gasteiger partial charge in [-0.05, 0) is 31.4 Å². The van der Waals surface area contributed by atoms with E-state index in [1.54, 1.807) is 4.90 Å². The van der Waals surface area contributed by atoms with Crippen LogP contribution in [0.3, 0.4) is 0 Å². The summed E-state index contributed by atoms with van der Waals surface area (Å²) < 4.78 is 23.5. The first-order valence-corrected chi connectivity index (χ1v) is 11.0. The van der Waals surface area contributed by atoms with E-state index in [4.69, 9.17) is 0 Å². The Kier molecular flexibility index (Phi) is 4.59. The molecule has 0 saturated carbocycles. The maximum absolute atomic E-state index is 12.8. The lowest BCUT2D eigenvalue weighted by Gasteiger charge is -2.26. The van der Waals surface area contributed by atoms with Crippen LogP contribution >= 0.6 is 0 Å². The Morgan fingerprint density at radius 3 is 2.67 bits per heavy atom. The number of hydrogen-bond donors (Lipinski definition) is 0. The van der Waals surface area contributed by atoms with Gasteiger partial charge in [-0.1, -0.05) is 18.2 Å². The SMILES string of the molecule is CCN(C(=O)c1cnc(N2CCc3ccccc32)nc1)C1CCS(=O)(=O)C1. The Bertz CT molecular complexity index is 959. The number of fused-ring (bicyclic) bond motifs is 1. The standard InChI is InChI=1S/C19H22N4O3S/c1-2-22(16-8-10-27(25,26)13-16)18(24)15-11-20-19(21-12-15)23-9-7-14-5-3-4-6-17(14)23/h3-6,11-12,16H,2,7-10,13H2,1H3. The fraction of sp³-hybridized carbons (Fsp3) is 0.421. The first-order chi connectivity index (χ1) is 13.0. The third kappa shape index (κ3) is 3.41. The van der Waals surface area contributed by atoms with Crippen molar-refractivity contribution < 1.29 is 13.2 Å². The fourth-order valence-electron chi connectivity index (χ4n) is 3.87. The molecule has 3 heterocycles. The molecule has 1 saturated heterocycles. The van der Waals surface area contributed by atoms with Crippen molar-refractivity contribution >= 4 is 27.4 Å². The molecule has 1 unspecified atom stereocenters. The van der Waals surface area contributed by atoms with Crippen molar-refractivity contribution in [2.45, 2.75) is 25.8 Å². The average molecular weight is 386 g/mol. The van der Waals surface area contributed by atoms with Crippen LogP contribution in [0.4, 0.5) is 11.6 Å². The van der Waals surface area contributed by atoms with Crippen LogP contribution in [0.1, 0.15) is 29.3 Å². The van der Waals surface area contributed by atoms with E-state index in [1.165, 1.54) is 18.0 Å². The highest BCUT2D eigenvalue weighted by molar-refractivity contribution is 7.91. The topological polar surface area (TPSA) is 83.5 Å². The monoisotopic (exact) mass is 386 g/mol. The van der Waals surface area contributed by atoms with Crippen molar-refractivity contribution in [3.63, 3.8) is 0 Å². The average Bonchev–Trinajstić information content (AvgIpc) is 3.25. The van der Waals surface area contributed by atoms with E-state index >= 15 is 0 Å². The molecule has 1 fully saturated rings. The highest BCUT2D eigenvalue weighted by atomic mass is 32.2. The maximum Gasteiger partial charge on any atom is 0.257 e. The van der Waals surface area contributed by atoms with Crippen LogP contribution in [0, 0.1) is 0 Å². The van der Waals surface area contributed by atoms with Crippen LogP contribution in [-0.4, -0.2) is 59.8 Å². The molecule has 7 nitrogen and oxygen atoms in total. The third-order valence-electron chi connectivity index (χ3n) is 5.26. The molecule has 1 atom stereocenters. The minimum Gasteiger partial charge on any atom is -0.335 e. The Hall–Kier alpha value is -2.48. The molecular weight excluding hydrogens is 364 g/mol. The molecule has 2 aromatic rings. The van der Waals surface area contributed by atoms with Crippen LogP contribution in [-0.2, 0) is 16.3 Å². The summed E-state index contributed by atoms with van der Waals surface area (Å²) in [7, 11) is -3.04. The second-order valence-electron chi connectivity index (χ2n) is 6.95. The van der Waals surface area contributed by atoms with Crippen molar-refractivity contribution in [3.8, 4) is 0 Å². The number of nitrogens with zero attached hydrogens (tertiary/aromatic N) is 4. The van der Waals surface area contributed by atoms with E-state index in [0.717, 1.165) is 18.7 Å². The summed E-state index contributed by atoms with van der Waals surface area (Å²) in [6.07, 6.45) is 4.51. The number of carbonyl (C=O) groups is 1. The quantitative estimate of drug-likeness (QED) is 0.797. The maximum atomic E-state index is 12.8. The van der Waals surface area contributed by atoms with Gasteiger partial charge in [0.15, 0.2) is 9.84 Å². The lowest BCUT2D eigenvalue weighted by molar-refractivity contribution is 0.0707. The van der Waals surface area contributed by atoms with Crippen LogP contribution in [0.25, 0.3) is 0 Å². The highest BCUT2D eigenvalue weighted by Gasteiger charge is 2.34. The minimum absolute atomic E-state index is 0.0378. The zero-order valence-corrected chi connectivity index (χ0v) is 16.0. The predicted octanol–water partition coefficient (Wildman–Crippen LogP) is 1.82. The third-order valence-corrected chi connectivity index (χ3v) is 7.01. The number of para-hydroxylation sites is 1. The summed E-state index contributed by atoms with van der Waals surface area (Å²) in [5, 5.41) is 0. The number of sulfone groups is 1. The van der Waals surface area contributed by atoms with Crippen LogP contribution < -0.4 is 4.90 Å². The summed E-state index contributed by atoms with van der Waals surface area (Å²) in [5.74, 6) is 0.539. The van der Waals surface area contributed by atoms with Gasteiger partial charge in [-0.15, -0.1) is 0 Å². The Labute approximate surface area is 159 Å². The summed E-state index contributed by atoms with van der Waals surface area (Å²) >= 11 is 0. The van der Waals surface area contributed by atoms with E-state index < -0.39 is 9.84 Å². The van der Waals surface area contributed by atoms with Gasteiger partial charge >= 0.3 is 0 Å². The van der Waals surface area contributed by atoms with Gasteiger partial charge in [-0.25, -0.2) is 18.4 Å². The largest absolute Gasteiger partial charge is 0.335 e. The van der Waals surface area contributed by atoms with Gasteiger partial charge in [0.05, 0.1) is 17.1 Å². The zero-order chi connectivity index (χ0) is 19.0. The van der Waals surface area contributed by atoms with Gasteiger partial charge in [-0.2, -0.15) is 0 Å². The van der Waals surface area contributed by atoms with Crippen molar-refractivity contribution in [1.29, 1.82) is 0 Å². The van der Waals surface area contributed by atoms with E-state index in [1.807, 2.05) is 30.0 Å². The molecule has 142 valence electrons. The molecule has 2 aliphatic rings. The molecule has 1 aromatic carbocycles. The van der Waals surface area contributed by atoms with Crippen LogP contribution in [0.2, 0.25) is 0 Å². The molecule has 1 aromatic heterocycles. The molecule has 0 bridgehead atoms. The second kappa shape index (κ2) is 6.92. The number of rotatable bonds is 4. The van der Waals surface area contributed by atoms with Crippen LogP contribution in [0.5, 0.6) is 0 Å². The number of hydrogen-bond acceptors (Lipinski definition) is 6. The summed E-state index contributed by atoms with van der Waals surface area (Å²) in [4.78, 5) is 25.3. The van der Waals surface area contributed by atoms with Gasteiger partial charge in [0.1, 0.15) is 0 Å². The van der Waals surface area contributed by atoms with E-state index in [-0.39, 0.29) is 23.5 Å². The highest BCUT2D eigenvalue weighted by Crippen LogP contribution is 2.32. The normalized spacial score (nSPS) is 20.5. The first-order valence-electron chi connectivity index (χ1n) is 9.17. The van der Waals surface area contributed by atoms with Crippen molar-refractivity contribution in [1.82, 2.24) is 14.9 Å². The predicted molar refractivity (Wildman–Crippen MR) is 103 cm³/mol. The zero-order valence-electron chi connectivity index (χ0n) is 15.2. The molecule has 0 radical (unpaired) electrons. The van der Waals surface area contributed by atoms with Gasteiger partial charge < -0.3 is 9.80 Å². The molecule has 0 aliphatic carbocycles. The number of anilines is 2. The molecule has 8 heteroatoms. The number of carbonyl (C=O) groups excluding carboxylic acids is 1. The van der Waals surface area contributed by atoms with Crippen molar-refractivity contribution in [2.24, 2.45) is 0 Å². The Balaban J connectivity index is 1.53. The fourth-order valence-corrected chi connectivity index (χ4v) is 5.60. The summed E-state index contributed by atoms with van der Waals surface area (Å²) in [5.41, 5.74) is 2.75. The second-order valence-corrected chi connectivity index (χ2v) is 9.18. The van der Waals surface area contributed by atoms with E-state index in [2.05, 4.69) is 16.0 Å². The van der Waals surface area contributed by atoms with Crippen LogP contribution in [0.15, 0.2) is 36.7 Å². The molecule has 2 aliphatic heterocycles. The minimum atomic E-state index is -3.04. The summed E-state index contributed by atoms with van der Waals surface area (Å²) in [6, 6.07) is 7.89. The number of amides is 1. The Morgan fingerprint density at radius 2 is 2.00 bits per heavy atom. The molecule has 1 amide bonds.